The van der Waals surface area contributed by atoms with Crippen LogP contribution in [0.25, 0.3) is 6.08 Å². The van der Waals surface area contributed by atoms with Crippen LogP contribution in [0.3, 0.4) is 0 Å². The zero-order chi connectivity index (χ0) is 19.1. The van der Waals surface area contributed by atoms with Crippen LogP contribution in [0.2, 0.25) is 5.02 Å². The monoisotopic (exact) mass is 384 g/mol. The highest BCUT2D eigenvalue weighted by Gasteiger charge is 2.26. The van der Waals surface area contributed by atoms with Crippen LogP contribution in [0.15, 0.2) is 60.7 Å². The van der Waals surface area contributed by atoms with Crippen molar-refractivity contribution >= 4 is 23.6 Å². The summed E-state index contributed by atoms with van der Waals surface area (Å²) in [6.07, 6.45) is 3.77. The maximum atomic E-state index is 12.6. The van der Waals surface area contributed by atoms with E-state index in [-0.39, 0.29) is 5.91 Å². The van der Waals surface area contributed by atoms with Crippen molar-refractivity contribution in [2.24, 2.45) is 0 Å². The van der Waals surface area contributed by atoms with Crippen molar-refractivity contribution in [1.29, 1.82) is 0 Å². The van der Waals surface area contributed by atoms with E-state index in [1.807, 2.05) is 35.2 Å². The van der Waals surface area contributed by atoms with Gasteiger partial charge in [0, 0.05) is 32.7 Å². The number of para-hydroxylation sites is 1. The number of carbonyl (C=O) groups is 1. The van der Waals surface area contributed by atoms with Crippen LogP contribution in [-0.4, -0.2) is 54.5 Å². The van der Waals surface area contributed by atoms with Gasteiger partial charge in [-0.1, -0.05) is 66.2 Å². The third-order valence-corrected chi connectivity index (χ3v) is 4.96. The zero-order valence-corrected chi connectivity index (χ0v) is 16.3. The number of ether oxygens (including phenoxy) is 1. The molecule has 1 atom stereocenters. The standard InChI is InChI=1S/C22H25ClN2O2/c1-18(27-21-12-6-5-11-20(21)23)22(26)25-16-14-24(15-17-25)13-7-10-19-8-3-2-4-9-19/h2-12,18H,13-17H2,1H3/b10-7+/t18-/m1/s1. The van der Waals surface area contributed by atoms with Gasteiger partial charge in [0.05, 0.1) is 5.02 Å². The Labute approximate surface area is 166 Å². The molecule has 0 radical (unpaired) electrons. The molecule has 0 bridgehead atoms. The average Bonchev–Trinajstić information content (AvgIpc) is 2.70. The van der Waals surface area contributed by atoms with E-state index in [2.05, 4.69) is 29.2 Å². The quantitative estimate of drug-likeness (QED) is 0.755. The molecule has 4 nitrogen and oxygen atoms in total. The molecule has 3 rings (SSSR count). The second kappa shape index (κ2) is 9.58. The van der Waals surface area contributed by atoms with Crippen molar-refractivity contribution in [1.82, 2.24) is 9.80 Å². The lowest BCUT2D eigenvalue weighted by atomic mass is 10.2. The summed E-state index contributed by atoms with van der Waals surface area (Å²) in [7, 11) is 0. The van der Waals surface area contributed by atoms with Gasteiger partial charge in [-0.25, -0.2) is 0 Å². The first-order valence-corrected chi connectivity index (χ1v) is 9.65. The molecule has 1 amide bonds. The predicted molar refractivity (Wildman–Crippen MR) is 110 cm³/mol. The lowest BCUT2D eigenvalue weighted by Crippen LogP contribution is -2.51. The Bertz CT molecular complexity index is 771. The number of piperazine rings is 1. The molecule has 0 N–H and O–H groups in total. The maximum absolute atomic E-state index is 12.6. The summed E-state index contributed by atoms with van der Waals surface area (Å²) < 4.78 is 5.75. The highest BCUT2D eigenvalue weighted by Crippen LogP contribution is 2.24. The third-order valence-electron chi connectivity index (χ3n) is 4.65. The highest BCUT2D eigenvalue weighted by molar-refractivity contribution is 6.32. The minimum atomic E-state index is -0.547. The smallest absolute Gasteiger partial charge is 0.263 e. The van der Waals surface area contributed by atoms with Crippen LogP contribution in [-0.2, 0) is 4.79 Å². The number of rotatable bonds is 6. The molecule has 1 aliphatic heterocycles. The van der Waals surface area contributed by atoms with Crippen LogP contribution in [0.1, 0.15) is 12.5 Å². The van der Waals surface area contributed by atoms with E-state index in [0.29, 0.717) is 23.9 Å². The number of benzene rings is 2. The molecule has 0 aliphatic carbocycles. The van der Waals surface area contributed by atoms with Gasteiger partial charge in [-0.3, -0.25) is 9.69 Å². The van der Waals surface area contributed by atoms with Crippen molar-refractivity contribution in [3.05, 3.63) is 71.3 Å². The summed E-state index contributed by atoms with van der Waals surface area (Å²) >= 11 is 6.11. The number of hydrogen-bond acceptors (Lipinski definition) is 3. The topological polar surface area (TPSA) is 32.8 Å². The van der Waals surface area contributed by atoms with Crippen LogP contribution < -0.4 is 4.74 Å². The predicted octanol–water partition coefficient (Wildman–Crippen LogP) is 3.96. The van der Waals surface area contributed by atoms with Gasteiger partial charge in [0.25, 0.3) is 5.91 Å². The molecule has 27 heavy (non-hydrogen) atoms. The molecule has 0 aromatic heterocycles. The van der Waals surface area contributed by atoms with E-state index in [1.54, 1.807) is 19.1 Å². The summed E-state index contributed by atoms with van der Waals surface area (Å²) in [4.78, 5) is 16.9. The van der Waals surface area contributed by atoms with Crippen LogP contribution >= 0.6 is 11.6 Å². The lowest BCUT2D eigenvalue weighted by molar-refractivity contribution is -0.139. The Morgan fingerprint density at radius 2 is 1.74 bits per heavy atom. The van der Waals surface area contributed by atoms with Gasteiger partial charge < -0.3 is 9.64 Å². The molecular weight excluding hydrogens is 360 g/mol. The number of amides is 1. The number of nitrogens with zero attached hydrogens (tertiary/aromatic N) is 2. The van der Waals surface area contributed by atoms with E-state index in [9.17, 15) is 4.79 Å². The van der Waals surface area contributed by atoms with Crippen molar-refractivity contribution in [3.63, 3.8) is 0 Å². The van der Waals surface area contributed by atoms with Crippen molar-refractivity contribution in [3.8, 4) is 5.75 Å². The summed E-state index contributed by atoms with van der Waals surface area (Å²) in [5, 5.41) is 0.521. The maximum Gasteiger partial charge on any atom is 0.263 e. The minimum absolute atomic E-state index is 0.00870. The highest BCUT2D eigenvalue weighted by atomic mass is 35.5. The second-order valence-electron chi connectivity index (χ2n) is 6.63. The molecule has 1 saturated heterocycles. The zero-order valence-electron chi connectivity index (χ0n) is 15.6. The third kappa shape index (κ3) is 5.59. The summed E-state index contributed by atoms with van der Waals surface area (Å²) in [5.74, 6) is 0.555. The van der Waals surface area contributed by atoms with Gasteiger partial charge >= 0.3 is 0 Å². The van der Waals surface area contributed by atoms with Crippen LogP contribution in [0.5, 0.6) is 5.75 Å². The Morgan fingerprint density at radius 3 is 2.44 bits per heavy atom. The van der Waals surface area contributed by atoms with Crippen molar-refractivity contribution in [2.45, 2.75) is 13.0 Å². The van der Waals surface area contributed by atoms with Gasteiger partial charge in [-0.05, 0) is 24.6 Å². The number of halogens is 1. The van der Waals surface area contributed by atoms with Crippen molar-refractivity contribution in [2.75, 3.05) is 32.7 Å². The van der Waals surface area contributed by atoms with Crippen molar-refractivity contribution < 1.29 is 9.53 Å². The van der Waals surface area contributed by atoms with E-state index >= 15 is 0 Å². The second-order valence-corrected chi connectivity index (χ2v) is 7.04. The number of hydrogen-bond donors (Lipinski definition) is 0. The molecule has 0 spiro atoms. The lowest BCUT2D eigenvalue weighted by Gasteiger charge is -2.35. The van der Waals surface area contributed by atoms with E-state index in [0.717, 1.165) is 19.6 Å². The summed E-state index contributed by atoms with van der Waals surface area (Å²) in [6.45, 7) is 5.83. The minimum Gasteiger partial charge on any atom is -0.479 e. The SMILES string of the molecule is C[C@@H](Oc1ccccc1Cl)C(=O)N1CCN(C/C=C/c2ccccc2)CC1. The molecule has 0 unspecified atom stereocenters. The number of carbonyl (C=O) groups excluding carboxylic acids is 1. The van der Waals surface area contributed by atoms with Gasteiger partial charge in [-0.15, -0.1) is 0 Å². The van der Waals surface area contributed by atoms with E-state index in [1.165, 1.54) is 5.56 Å². The summed E-state index contributed by atoms with van der Waals surface area (Å²) in [5.41, 5.74) is 1.21. The summed E-state index contributed by atoms with van der Waals surface area (Å²) in [6, 6.07) is 17.5. The molecule has 1 fully saturated rings. The molecule has 1 heterocycles. The molecule has 2 aromatic carbocycles. The fourth-order valence-corrected chi connectivity index (χ4v) is 3.27. The molecular formula is C22H25ClN2O2. The Balaban J connectivity index is 1.45. The van der Waals surface area contributed by atoms with Gasteiger partial charge in [0.1, 0.15) is 5.75 Å². The normalized spacial score (nSPS) is 16.4. The largest absolute Gasteiger partial charge is 0.479 e. The Kier molecular flexibility index (Phi) is 6.91. The first kappa shape index (κ1) is 19.5. The van der Waals surface area contributed by atoms with E-state index < -0.39 is 6.10 Å². The van der Waals surface area contributed by atoms with Crippen LogP contribution in [0.4, 0.5) is 0 Å². The average molecular weight is 385 g/mol. The first-order chi connectivity index (χ1) is 13.1. The molecule has 1 aliphatic rings. The molecule has 142 valence electrons. The molecule has 0 saturated carbocycles. The fraction of sp³-hybridized carbons (Fsp3) is 0.318. The Hall–Kier alpha value is -2.30. The van der Waals surface area contributed by atoms with E-state index in [4.69, 9.17) is 16.3 Å². The first-order valence-electron chi connectivity index (χ1n) is 9.27. The van der Waals surface area contributed by atoms with Gasteiger partial charge in [0.15, 0.2) is 6.10 Å². The fourth-order valence-electron chi connectivity index (χ4n) is 3.09. The van der Waals surface area contributed by atoms with Crippen LogP contribution in [0, 0.1) is 0 Å². The molecule has 5 heteroatoms. The Morgan fingerprint density at radius 1 is 1.07 bits per heavy atom. The van der Waals surface area contributed by atoms with Gasteiger partial charge in [-0.2, -0.15) is 0 Å². The molecule has 2 aromatic rings. The van der Waals surface area contributed by atoms with Gasteiger partial charge in [0.2, 0.25) is 0 Å².